The molecule has 0 spiro atoms. The Morgan fingerprint density at radius 2 is 2.00 bits per heavy atom. The van der Waals surface area contributed by atoms with Gasteiger partial charge in [0.2, 0.25) is 0 Å². The number of aromatic carboxylic acids is 1. The summed E-state index contributed by atoms with van der Waals surface area (Å²) in [4.78, 5) is 10.6. The lowest BCUT2D eigenvalue weighted by molar-refractivity contribution is 0.0693. The number of aromatic amines is 1. The van der Waals surface area contributed by atoms with E-state index in [2.05, 4.69) is 14.9 Å². The molecular weight excluding hydrogens is 298 g/mol. The molecule has 0 bridgehead atoms. The number of nitrogens with zero attached hydrogens (tertiary/aromatic N) is 1. The van der Waals surface area contributed by atoms with E-state index in [1.54, 1.807) is 13.8 Å². The van der Waals surface area contributed by atoms with Crippen molar-refractivity contribution in [1.82, 2.24) is 10.2 Å². The lowest BCUT2D eigenvalue weighted by Gasteiger charge is -2.08. The topological polar surface area (TPSA) is 132 Å². The molecule has 2 aromatic rings. The van der Waals surface area contributed by atoms with E-state index in [-0.39, 0.29) is 10.7 Å². The lowest BCUT2D eigenvalue weighted by atomic mass is 10.2. The Morgan fingerprint density at radius 3 is 2.52 bits per heavy atom. The van der Waals surface area contributed by atoms with E-state index >= 15 is 0 Å². The zero-order chi connectivity index (χ0) is 15.8. The van der Waals surface area contributed by atoms with Crippen LogP contribution in [-0.2, 0) is 10.0 Å². The minimum Gasteiger partial charge on any atom is -0.507 e. The molecule has 0 atom stereocenters. The molecule has 8 nitrogen and oxygen atoms in total. The molecule has 0 saturated heterocycles. The standard InChI is InChI=1S/C12H13N3O5S/c1-6-7(2)13-14-11(6)15-21(19,20)8-3-4-10(16)9(5-8)12(17)18/h3-5,16H,1-2H3,(H,17,18)(H2,13,14,15). The Morgan fingerprint density at radius 1 is 1.33 bits per heavy atom. The first-order valence-corrected chi connectivity index (χ1v) is 7.31. The van der Waals surface area contributed by atoms with Gasteiger partial charge in [0.05, 0.1) is 4.90 Å². The van der Waals surface area contributed by atoms with E-state index in [9.17, 15) is 18.3 Å². The third-order valence-electron chi connectivity index (χ3n) is 2.99. The van der Waals surface area contributed by atoms with Crippen LogP contribution in [0.15, 0.2) is 23.1 Å². The average Bonchev–Trinajstić information content (AvgIpc) is 2.70. The second-order valence-corrected chi connectivity index (χ2v) is 6.09. The van der Waals surface area contributed by atoms with E-state index in [1.165, 1.54) is 0 Å². The number of aromatic hydroxyl groups is 1. The normalized spacial score (nSPS) is 11.3. The minimum atomic E-state index is -4.00. The number of hydrogen-bond acceptors (Lipinski definition) is 5. The number of H-pyrrole nitrogens is 1. The van der Waals surface area contributed by atoms with Crippen LogP contribution in [0, 0.1) is 13.8 Å². The molecule has 2 rings (SSSR count). The van der Waals surface area contributed by atoms with Gasteiger partial charge in [-0.05, 0) is 32.0 Å². The van der Waals surface area contributed by atoms with Gasteiger partial charge in [0.1, 0.15) is 11.3 Å². The number of carbonyl (C=O) groups is 1. The first-order chi connectivity index (χ1) is 9.72. The second kappa shape index (κ2) is 5.09. The largest absolute Gasteiger partial charge is 0.507 e. The molecule has 0 radical (unpaired) electrons. The van der Waals surface area contributed by atoms with Gasteiger partial charge in [0.25, 0.3) is 10.0 Å². The summed E-state index contributed by atoms with van der Waals surface area (Å²) in [6, 6.07) is 3.01. The third kappa shape index (κ3) is 2.82. The fraction of sp³-hybridized carbons (Fsp3) is 0.167. The Labute approximate surface area is 120 Å². The van der Waals surface area contributed by atoms with Crippen LogP contribution in [0.2, 0.25) is 0 Å². The molecule has 0 unspecified atom stereocenters. The maximum atomic E-state index is 12.2. The number of carboxylic acids is 1. The van der Waals surface area contributed by atoms with Crippen LogP contribution in [0.4, 0.5) is 5.82 Å². The van der Waals surface area contributed by atoms with Gasteiger partial charge in [0.15, 0.2) is 5.82 Å². The molecule has 0 aliphatic rings. The SMILES string of the molecule is Cc1[nH]nc(NS(=O)(=O)c2ccc(O)c(C(=O)O)c2)c1C. The van der Waals surface area contributed by atoms with Crippen molar-refractivity contribution in [3.05, 3.63) is 35.0 Å². The summed E-state index contributed by atoms with van der Waals surface area (Å²) in [6.07, 6.45) is 0. The highest BCUT2D eigenvalue weighted by Crippen LogP contribution is 2.24. The predicted molar refractivity (Wildman–Crippen MR) is 73.9 cm³/mol. The summed E-state index contributed by atoms with van der Waals surface area (Å²) in [5, 5.41) is 24.8. The number of aryl methyl sites for hydroxylation is 1. The first kappa shape index (κ1) is 14.9. The van der Waals surface area contributed by atoms with Crippen LogP contribution in [0.25, 0.3) is 0 Å². The fourth-order valence-corrected chi connectivity index (χ4v) is 2.72. The molecular formula is C12H13N3O5S. The van der Waals surface area contributed by atoms with Crippen molar-refractivity contribution >= 4 is 21.8 Å². The average molecular weight is 311 g/mol. The molecule has 1 heterocycles. The van der Waals surface area contributed by atoms with Gasteiger partial charge in [-0.25, -0.2) is 13.2 Å². The summed E-state index contributed by atoms with van der Waals surface area (Å²) >= 11 is 0. The Hall–Kier alpha value is -2.55. The Bertz CT molecular complexity index is 810. The number of anilines is 1. The second-order valence-electron chi connectivity index (χ2n) is 4.41. The lowest BCUT2D eigenvalue weighted by Crippen LogP contribution is -2.14. The number of nitrogens with one attached hydrogen (secondary N) is 2. The van der Waals surface area contributed by atoms with Crippen LogP contribution >= 0.6 is 0 Å². The maximum absolute atomic E-state index is 12.2. The van der Waals surface area contributed by atoms with Gasteiger partial charge in [-0.3, -0.25) is 9.82 Å². The van der Waals surface area contributed by atoms with Crippen molar-refractivity contribution in [3.8, 4) is 5.75 Å². The van der Waals surface area contributed by atoms with E-state index < -0.39 is 27.3 Å². The summed E-state index contributed by atoms with van der Waals surface area (Å²) in [6.45, 7) is 3.43. The smallest absolute Gasteiger partial charge is 0.339 e. The van der Waals surface area contributed by atoms with Gasteiger partial charge in [-0.1, -0.05) is 0 Å². The van der Waals surface area contributed by atoms with E-state index in [1.807, 2.05) is 0 Å². The number of rotatable bonds is 4. The zero-order valence-corrected chi connectivity index (χ0v) is 12.0. The van der Waals surface area contributed by atoms with Crippen LogP contribution in [0.3, 0.4) is 0 Å². The fourth-order valence-electron chi connectivity index (χ4n) is 1.62. The third-order valence-corrected chi connectivity index (χ3v) is 4.33. The highest BCUT2D eigenvalue weighted by atomic mass is 32.2. The van der Waals surface area contributed by atoms with Gasteiger partial charge in [-0.2, -0.15) is 5.10 Å². The van der Waals surface area contributed by atoms with E-state index in [0.717, 1.165) is 18.2 Å². The van der Waals surface area contributed by atoms with Crippen LogP contribution in [-0.4, -0.2) is 34.8 Å². The zero-order valence-electron chi connectivity index (χ0n) is 11.2. The summed E-state index contributed by atoms with van der Waals surface area (Å²) in [5.41, 5.74) is 0.855. The molecule has 9 heteroatoms. The molecule has 0 fully saturated rings. The van der Waals surface area contributed by atoms with Crippen molar-refractivity contribution in [3.63, 3.8) is 0 Å². The van der Waals surface area contributed by atoms with Crippen molar-refractivity contribution in [2.24, 2.45) is 0 Å². The Kier molecular flexibility index (Phi) is 3.60. The summed E-state index contributed by atoms with van der Waals surface area (Å²) in [7, 11) is -4.00. The molecule has 112 valence electrons. The first-order valence-electron chi connectivity index (χ1n) is 5.83. The van der Waals surface area contributed by atoms with Gasteiger partial charge in [-0.15, -0.1) is 0 Å². The molecule has 4 N–H and O–H groups in total. The van der Waals surface area contributed by atoms with Crippen molar-refractivity contribution < 1.29 is 23.4 Å². The Balaban J connectivity index is 2.43. The van der Waals surface area contributed by atoms with E-state index in [0.29, 0.717) is 11.3 Å². The van der Waals surface area contributed by atoms with Crippen molar-refractivity contribution in [2.75, 3.05) is 4.72 Å². The molecule has 0 amide bonds. The van der Waals surface area contributed by atoms with Crippen molar-refractivity contribution in [1.29, 1.82) is 0 Å². The number of hydrogen-bond donors (Lipinski definition) is 4. The number of carboxylic acid groups (broad SMARTS) is 1. The number of aromatic nitrogens is 2. The van der Waals surface area contributed by atoms with Crippen LogP contribution < -0.4 is 4.72 Å². The molecule has 0 aliphatic carbocycles. The number of phenols is 1. The summed E-state index contributed by atoms with van der Waals surface area (Å²) in [5.74, 6) is -1.79. The highest BCUT2D eigenvalue weighted by molar-refractivity contribution is 7.92. The van der Waals surface area contributed by atoms with Crippen LogP contribution in [0.5, 0.6) is 5.75 Å². The maximum Gasteiger partial charge on any atom is 0.339 e. The number of sulfonamides is 1. The van der Waals surface area contributed by atoms with Crippen molar-refractivity contribution in [2.45, 2.75) is 18.7 Å². The molecule has 21 heavy (non-hydrogen) atoms. The van der Waals surface area contributed by atoms with Gasteiger partial charge in [0, 0.05) is 11.3 Å². The molecule has 0 saturated carbocycles. The molecule has 1 aromatic carbocycles. The number of benzene rings is 1. The molecule has 1 aromatic heterocycles. The molecule has 0 aliphatic heterocycles. The summed E-state index contributed by atoms with van der Waals surface area (Å²) < 4.78 is 26.7. The monoisotopic (exact) mass is 311 g/mol. The van der Waals surface area contributed by atoms with Crippen LogP contribution in [0.1, 0.15) is 21.6 Å². The van der Waals surface area contributed by atoms with E-state index in [4.69, 9.17) is 5.11 Å². The predicted octanol–water partition coefficient (Wildman–Crippen LogP) is 1.23. The van der Waals surface area contributed by atoms with Gasteiger partial charge < -0.3 is 10.2 Å². The minimum absolute atomic E-state index is 0.137. The highest BCUT2D eigenvalue weighted by Gasteiger charge is 2.21. The van der Waals surface area contributed by atoms with Gasteiger partial charge >= 0.3 is 5.97 Å². The quantitative estimate of drug-likeness (QED) is 0.671.